The summed E-state index contributed by atoms with van der Waals surface area (Å²) in [4.78, 5) is 17.4. The van der Waals surface area contributed by atoms with Crippen molar-refractivity contribution in [1.82, 2.24) is 9.97 Å². The predicted molar refractivity (Wildman–Crippen MR) is 87.6 cm³/mol. The Hall–Kier alpha value is -2.36. The normalized spacial score (nSPS) is 12.6. The van der Waals surface area contributed by atoms with Crippen LogP contribution in [0.15, 0.2) is 46.5 Å². The molecule has 0 bridgehead atoms. The van der Waals surface area contributed by atoms with Crippen molar-refractivity contribution in [1.29, 1.82) is 0 Å². The molecule has 0 fully saturated rings. The van der Waals surface area contributed by atoms with Gasteiger partial charge in [0.2, 0.25) is 0 Å². The minimum Gasteiger partial charge on any atom is -0.291 e. The molecular weight excluding hydrogens is 260 g/mol. The van der Waals surface area contributed by atoms with Crippen LogP contribution in [0.4, 0.5) is 0 Å². The molecule has 2 aromatic rings. The number of hydrogen-bond acceptors (Lipinski definition) is 4. The van der Waals surface area contributed by atoms with Gasteiger partial charge in [-0.3, -0.25) is 20.0 Å². The second-order valence-electron chi connectivity index (χ2n) is 4.86. The molecular formula is C17H20N4. The Morgan fingerprint density at radius 1 is 0.952 bits per heavy atom. The first-order chi connectivity index (χ1) is 10.1. The Morgan fingerprint density at radius 3 is 2.29 bits per heavy atom. The van der Waals surface area contributed by atoms with Crippen LogP contribution in [0.5, 0.6) is 0 Å². The first-order valence-corrected chi connectivity index (χ1v) is 6.92. The number of aliphatic imine (C=N–C) groups is 2. The van der Waals surface area contributed by atoms with Gasteiger partial charge in [0.1, 0.15) is 0 Å². The molecule has 2 aromatic heterocycles. The highest BCUT2D eigenvalue weighted by atomic mass is 14.8. The van der Waals surface area contributed by atoms with Crippen LogP contribution in [0.25, 0.3) is 0 Å². The molecule has 0 atom stereocenters. The average Bonchev–Trinajstić information content (AvgIpc) is 2.54. The molecule has 4 nitrogen and oxygen atoms in total. The lowest BCUT2D eigenvalue weighted by Crippen LogP contribution is -2.03. The lowest BCUT2D eigenvalue weighted by atomic mass is 10.1. The van der Waals surface area contributed by atoms with Gasteiger partial charge in [-0.05, 0) is 37.6 Å². The van der Waals surface area contributed by atoms with Gasteiger partial charge in [0.05, 0.1) is 22.8 Å². The molecule has 108 valence electrons. The fraction of sp³-hybridized carbons (Fsp3) is 0.294. The Kier molecular flexibility index (Phi) is 4.93. The molecule has 0 saturated heterocycles. The van der Waals surface area contributed by atoms with Crippen molar-refractivity contribution < 1.29 is 0 Å². The van der Waals surface area contributed by atoms with Gasteiger partial charge in [0, 0.05) is 32.4 Å². The number of pyridine rings is 2. The zero-order valence-corrected chi connectivity index (χ0v) is 13.0. The van der Waals surface area contributed by atoms with Crippen LogP contribution in [0, 0.1) is 0 Å². The van der Waals surface area contributed by atoms with Crippen molar-refractivity contribution in [3.8, 4) is 0 Å². The Balaban J connectivity index is 2.19. The molecule has 0 aliphatic heterocycles. The first-order valence-electron chi connectivity index (χ1n) is 6.92. The van der Waals surface area contributed by atoms with Crippen molar-refractivity contribution in [3.63, 3.8) is 0 Å². The molecule has 0 saturated carbocycles. The predicted octanol–water partition coefficient (Wildman–Crippen LogP) is 2.95. The van der Waals surface area contributed by atoms with Crippen LogP contribution in [0.1, 0.15) is 36.5 Å². The van der Waals surface area contributed by atoms with Crippen LogP contribution in [0.3, 0.4) is 0 Å². The van der Waals surface area contributed by atoms with Gasteiger partial charge in [-0.25, -0.2) is 0 Å². The van der Waals surface area contributed by atoms with E-state index in [1.807, 2.05) is 44.3 Å². The third kappa shape index (κ3) is 3.81. The summed E-state index contributed by atoms with van der Waals surface area (Å²) in [6.07, 6.45) is 2.65. The highest BCUT2D eigenvalue weighted by Gasteiger charge is 2.03. The van der Waals surface area contributed by atoms with E-state index < -0.39 is 0 Å². The van der Waals surface area contributed by atoms with E-state index in [-0.39, 0.29) is 0 Å². The average molecular weight is 280 g/mol. The summed E-state index contributed by atoms with van der Waals surface area (Å²) in [5, 5.41) is 0. The fourth-order valence-corrected chi connectivity index (χ4v) is 1.96. The highest BCUT2D eigenvalue weighted by Crippen LogP contribution is 2.09. The second-order valence-corrected chi connectivity index (χ2v) is 4.86. The maximum Gasteiger partial charge on any atom is 0.0840 e. The third-order valence-corrected chi connectivity index (χ3v) is 3.43. The summed E-state index contributed by atoms with van der Waals surface area (Å²) in [7, 11) is 3.56. The summed E-state index contributed by atoms with van der Waals surface area (Å²) in [6, 6.07) is 10.1. The molecule has 0 radical (unpaired) electrons. The van der Waals surface area contributed by atoms with Gasteiger partial charge in [0.25, 0.3) is 0 Å². The molecule has 4 heteroatoms. The Labute approximate surface area is 125 Å². The van der Waals surface area contributed by atoms with Gasteiger partial charge >= 0.3 is 0 Å². The van der Waals surface area contributed by atoms with Crippen molar-refractivity contribution in [2.24, 2.45) is 9.98 Å². The maximum absolute atomic E-state index is 4.63. The molecule has 0 aromatic carbocycles. The van der Waals surface area contributed by atoms with Gasteiger partial charge in [-0.2, -0.15) is 0 Å². The van der Waals surface area contributed by atoms with E-state index in [2.05, 4.69) is 26.0 Å². The molecule has 0 unspecified atom stereocenters. The second kappa shape index (κ2) is 6.88. The van der Waals surface area contributed by atoms with Crippen LogP contribution >= 0.6 is 0 Å². The first kappa shape index (κ1) is 15.0. The summed E-state index contributed by atoms with van der Waals surface area (Å²) >= 11 is 0. The molecule has 0 amide bonds. The molecule has 0 spiro atoms. The van der Waals surface area contributed by atoms with Crippen molar-refractivity contribution in [3.05, 3.63) is 59.2 Å². The van der Waals surface area contributed by atoms with Crippen LogP contribution < -0.4 is 0 Å². The minimum atomic E-state index is 0.764. The van der Waals surface area contributed by atoms with Gasteiger partial charge in [0.15, 0.2) is 0 Å². The number of rotatable bonds is 4. The summed E-state index contributed by atoms with van der Waals surface area (Å²) in [5.74, 6) is 0. The standard InChI is InChI=1S/C17H20N4/c1-12(18-3)16-9-8-14(11-20-16)10-15-6-5-7-17(21-15)13(2)19-4/h5-9,11H,10H2,1-4H3. The van der Waals surface area contributed by atoms with Crippen molar-refractivity contribution >= 4 is 11.4 Å². The molecule has 0 N–H and O–H groups in total. The van der Waals surface area contributed by atoms with Gasteiger partial charge in [-0.15, -0.1) is 0 Å². The number of aromatic nitrogens is 2. The Bertz CT molecular complexity index is 669. The van der Waals surface area contributed by atoms with Crippen LogP contribution in [-0.2, 0) is 6.42 Å². The van der Waals surface area contributed by atoms with Crippen LogP contribution in [0.2, 0.25) is 0 Å². The van der Waals surface area contributed by atoms with E-state index in [1.54, 1.807) is 14.1 Å². The summed E-state index contributed by atoms with van der Waals surface area (Å²) in [6.45, 7) is 3.93. The van der Waals surface area contributed by atoms with E-state index in [1.165, 1.54) is 0 Å². The zero-order valence-electron chi connectivity index (χ0n) is 13.0. The van der Waals surface area contributed by atoms with Gasteiger partial charge < -0.3 is 0 Å². The van der Waals surface area contributed by atoms with Crippen molar-refractivity contribution in [2.45, 2.75) is 20.3 Å². The minimum absolute atomic E-state index is 0.764. The van der Waals surface area contributed by atoms with E-state index >= 15 is 0 Å². The lowest BCUT2D eigenvalue weighted by molar-refractivity contribution is 1.04. The maximum atomic E-state index is 4.63. The smallest absolute Gasteiger partial charge is 0.0840 e. The number of nitrogens with zero attached hydrogens (tertiary/aromatic N) is 4. The zero-order chi connectivity index (χ0) is 15.2. The molecule has 2 heterocycles. The SMILES string of the molecule is CN=C(C)c1ccc(Cc2cccc(C(C)=NC)n2)cn1. The molecule has 21 heavy (non-hydrogen) atoms. The molecule has 0 aliphatic rings. The van der Waals surface area contributed by atoms with E-state index in [0.29, 0.717) is 0 Å². The lowest BCUT2D eigenvalue weighted by Gasteiger charge is -2.05. The summed E-state index contributed by atoms with van der Waals surface area (Å²) in [5.41, 5.74) is 5.88. The van der Waals surface area contributed by atoms with E-state index in [0.717, 1.165) is 40.5 Å². The van der Waals surface area contributed by atoms with Gasteiger partial charge in [-0.1, -0.05) is 12.1 Å². The highest BCUT2D eigenvalue weighted by molar-refractivity contribution is 5.97. The Morgan fingerprint density at radius 2 is 1.67 bits per heavy atom. The number of hydrogen-bond donors (Lipinski definition) is 0. The molecule has 0 aliphatic carbocycles. The summed E-state index contributed by atoms with van der Waals surface area (Å²) < 4.78 is 0. The third-order valence-electron chi connectivity index (χ3n) is 3.43. The molecule has 2 rings (SSSR count). The van der Waals surface area contributed by atoms with E-state index in [4.69, 9.17) is 0 Å². The largest absolute Gasteiger partial charge is 0.291 e. The van der Waals surface area contributed by atoms with Crippen molar-refractivity contribution in [2.75, 3.05) is 14.1 Å². The monoisotopic (exact) mass is 280 g/mol. The topological polar surface area (TPSA) is 50.5 Å². The fourth-order valence-electron chi connectivity index (χ4n) is 1.96. The van der Waals surface area contributed by atoms with Crippen LogP contribution in [-0.4, -0.2) is 35.5 Å². The quantitative estimate of drug-likeness (QED) is 0.808. The van der Waals surface area contributed by atoms with E-state index in [9.17, 15) is 0 Å².